The third kappa shape index (κ3) is 3.65. The van der Waals surface area contributed by atoms with Gasteiger partial charge in [0, 0.05) is 10.4 Å². The van der Waals surface area contributed by atoms with Crippen LogP contribution in [-0.4, -0.2) is 63.5 Å². The monoisotopic (exact) mass is 1450 g/mol. The van der Waals surface area contributed by atoms with Crippen LogP contribution in [0.5, 0.6) is 11.5 Å². The number of fused-ring (bicyclic) bond motifs is 2. The summed E-state index contributed by atoms with van der Waals surface area (Å²) < 4.78 is 40.0. The Morgan fingerprint density at radius 3 is 0.787 bits per heavy atom. The molecule has 0 unspecified atom stereocenters. The highest BCUT2D eigenvalue weighted by Gasteiger charge is 3.01. The summed E-state index contributed by atoms with van der Waals surface area (Å²) in [6.45, 7) is 3.92. The number of hydrogen-bond acceptors (Lipinski definition) is 14. The van der Waals surface area contributed by atoms with Crippen LogP contribution in [0.3, 0.4) is 0 Å². The third-order valence-corrected chi connectivity index (χ3v) is 35.6. The molecule has 490 valence electrons. The molecule has 2 heterocycles. The number of hydrogen-bond donors (Lipinski definition) is 0. The smallest absolute Gasteiger partial charge is 0.326 e. The van der Waals surface area contributed by atoms with Gasteiger partial charge >= 0.3 is 23.9 Å². The van der Waals surface area contributed by atoms with Crippen molar-refractivity contribution in [3.05, 3.63) is 90.7 Å². The van der Waals surface area contributed by atoms with Gasteiger partial charge in [-0.15, -0.1) is 0 Å². The molecule has 10 nitrogen and oxygen atoms in total. The fourth-order valence-electron chi connectivity index (χ4n) is 30.1. The Kier molecular flexibility index (Phi) is 6.42. The van der Waals surface area contributed by atoms with Crippen LogP contribution in [0.1, 0.15) is 42.5 Å². The molecule has 38 rings (SSSR count). The van der Waals surface area contributed by atoms with Gasteiger partial charge in [0.05, 0.1) is 32.5 Å². The molecule has 5 aliphatic carbocycles. The average Bonchev–Trinajstić information content (AvgIpc) is 1.35. The topological polar surface area (TPSA) is 124 Å². The summed E-state index contributed by atoms with van der Waals surface area (Å²) in [7, 11) is 0. The lowest BCUT2D eigenvalue weighted by atomic mass is 9.68. The van der Waals surface area contributed by atoms with Gasteiger partial charge in [0.15, 0.2) is 5.41 Å². The summed E-state index contributed by atoms with van der Waals surface area (Å²) in [4.78, 5) is 59.9. The molecule has 1 fully saturated rings. The molecule has 0 amide bonds. The molecule has 31 aromatic rings. The van der Waals surface area contributed by atoms with E-state index >= 15 is 9.59 Å². The lowest BCUT2D eigenvalue weighted by Crippen LogP contribution is -2.39. The Balaban J connectivity index is 0.611. The highest BCUT2D eigenvalue weighted by molar-refractivity contribution is 8.35. The number of esters is 4. The molecule has 0 N–H and O–H groups in total. The zero-order valence-electron chi connectivity index (χ0n) is 55.9. The second kappa shape index (κ2) is 13.8. The maximum atomic E-state index is 17.9. The Morgan fingerprint density at radius 2 is 0.519 bits per heavy atom. The van der Waals surface area contributed by atoms with Crippen molar-refractivity contribution in [1.82, 2.24) is 0 Å². The summed E-state index contributed by atoms with van der Waals surface area (Å²) in [5.74, 6) is -1.00. The zero-order valence-corrected chi connectivity index (χ0v) is 59.2. The molecule has 0 saturated heterocycles. The molecule has 31 aromatic carbocycles. The van der Waals surface area contributed by atoms with E-state index in [2.05, 4.69) is 45.9 Å². The van der Waals surface area contributed by atoms with Crippen LogP contribution in [0.2, 0.25) is 0 Å². The average molecular weight is 1450 g/mol. The Labute approximate surface area is 613 Å². The van der Waals surface area contributed by atoms with Crippen LogP contribution < -0.4 is 19.9 Å². The van der Waals surface area contributed by atoms with Crippen molar-refractivity contribution in [2.45, 2.75) is 31.1 Å². The fraction of sp³-hybridized carbons (Fsp3) is 0.128. The van der Waals surface area contributed by atoms with Gasteiger partial charge < -0.3 is 28.4 Å². The van der Waals surface area contributed by atoms with Gasteiger partial charge in [0.25, 0.3) is 0 Å². The van der Waals surface area contributed by atoms with Crippen molar-refractivity contribution in [2.24, 2.45) is 5.41 Å². The van der Waals surface area contributed by atoms with Crippen molar-refractivity contribution in [1.29, 1.82) is 0 Å². The van der Waals surface area contributed by atoms with E-state index in [1.807, 2.05) is 19.1 Å². The molecule has 2 aliphatic heterocycles. The first-order valence-electron chi connectivity index (χ1n) is 37.8. The SMILES string of the molecule is CCOC(=O)CC(=O)OCCOc1ccc2c(=C3SC=CS3)c3cc(OCCOC(=O)C4(C(=O)OCC)C56c7c8c9c%10c%11c%12c(c%13c%14c5c5c7c7c%15c8c8c9c9c%11c%11c%16c%12c%12c%13c%13c%14c%14c5c5c7c7c%15c%15c8c8c9c%11c9c%11c%16c%12c%12c%13c%13c%14c5c5c7c7c%15c8c9c8c%11c%12c%13c5c78)C%1046)ccc3c(=C3SC=CS3)c2c1. The molecular formula is C94H30O10S4. The van der Waals surface area contributed by atoms with E-state index in [4.69, 9.17) is 28.4 Å². The minimum Gasteiger partial charge on any atom is -0.490 e. The van der Waals surface area contributed by atoms with Crippen molar-refractivity contribution < 1.29 is 47.6 Å². The van der Waals surface area contributed by atoms with E-state index in [1.54, 1.807) is 64.7 Å². The first-order chi connectivity index (χ1) is 53.4. The Bertz CT molecular complexity index is 9190. The number of carbonyl (C=O) groups is 4. The van der Waals surface area contributed by atoms with Crippen molar-refractivity contribution >= 4 is 392 Å². The number of rotatable bonds is 14. The number of benzene rings is 21. The second-order valence-electron chi connectivity index (χ2n) is 33.5. The van der Waals surface area contributed by atoms with Crippen LogP contribution in [0.15, 0.2) is 58.0 Å². The zero-order chi connectivity index (χ0) is 68.2. The lowest BCUT2D eigenvalue weighted by molar-refractivity contribution is -0.167. The van der Waals surface area contributed by atoms with Gasteiger partial charge in [-0.2, -0.15) is 0 Å². The minimum atomic E-state index is -1.87. The molecule has 0 radical (unpaired) electrons. The summed E-state index contributed by atoms with van der Waals surface area (Å²) in [5, 5.41) is 92.5. The molecule has 0 bridgehead atoms. The number of thioether (sulfide) groups is 4. The van der Waals surface area contributed by atoms with Crippen molar-refractivity contribution in [3.8, 4) is 11.5 Å². The highest BCUT2D eigenvalue weighted by atomic mass is 32.2. The molecular weight excluding hydrogens is 1420 g/mol. The molecule has 1 saturated carbocycles. The number of carbonyl (C=O) groups excluding carboxylic acids is 4. The van der Waals surface area contributed by atoms with Gasteiger partial charge in [-0.05, 0) is 407 Å². The van der Waals surface area contributed by atoms with E-state index in [-0.39, 0.29) is 39.6 Å². The quantitative estimate of drug-likeness (QED) is 0.0256. The van der Waals surface area contributed by atoms with Crippen LogP contribution in [0.4, 0.5) is 0 Å². The van der Waals surface area contributed by atoms with Gasteiger partial charge in [-0.25, -0.2) is 0 Å². The highest BCUT2D eigenvalue weighted by Crippen LogP contribution is 2.97. The third-order valence-electron chi connectivity index (χ3n) is 31.3. The maximum absolute atomic E-state index is 17.9. The normalized spacial score (nSPS) is 20.9. The molecule has 0 atom stereocenters. The fourth-order valence-corrected chi connectivity index (χ4v) is 33.9. The van der Waals surface area contributed by atoms with Crippen LogP contribution >= 0.6 is 47.0 Å². The summed E-state index contributed by atoms with van der Waals surface area (Å²) in [5.41, 5.74) is 0.539. The van der Waals surface area contributed by atoms with Gasteiger partial charge in [0.1, 0.15) is 44.3 Å². The van der Waals surface area contributed by atoms with Crippen molar-refractivity contribution in [3.63, 3.8) is 0 Å². The predicted octanol–water partition coefficient (Wildman–Crippen LogP) is 21.7. The lowest BCUT2D eigenvalue weighted by Gasteiger charge is -2.32. The van der Waals surface area contributed by atoms with E-state index < -0.39 is 46.5 Å². The van der Waals surface area contributed by atoms with Crippen LogP contribution in [0, 0.1) is 5.41 Å². The second-order valence-corrected chi connectivity index (χ2v) is 37.7. The minimum absolute atomic E-state index is 0.0279. The Morgan fingerprint density at radius 1 is 0.278 bits per heavy atom. The van der Waals surface area contributed by atoms with Crippen LogP contribution in [0.25, 0.3) is 321 Å². The van der Waals surface area contributed by atoms with Gasteiger partial charge in [0.2, 0.25) is 0 Å². The van der Waals surface area contributed by atoms with E-state index in [0.717, 1.165) is 40.5 Å². The summed E-state index contributed by atoms with van der Waals surface area (Å²) in [6.07, 6.45) is -0.452. The molecule has 0 aromatic heterocycles. The van der Waals surface area contributed by atoms with E-state index in [0.29, 0.717) is 11.5 Å². The van der Waals surface area contributed by atoms with Gasteiger partial charge in [-0.1, -0.05) is 47.0 Å². The molecule has 2 spiro atoms. The molecule has 108 heavy (non-hydrogen) atoms. The van der Waals surface area contributed by atoms with Crippen molar-refractivity contribution in [2.75, 3.05) is 39.6 Å². The summed E-state index contributed by atoms with van der Waals surface area (Å²) >= 11 is 6.77. The van der Waals surface area contributed by atoms with E-state index in [1.165, 1.54) is 302 Å². The van der Waals surface area contributed by atoms with E-state index in [9.17, 15) is 9.59 Å². The van der Waals surface area contributed by atoms with Gasteiger partial charge in [-0.3, -0.25) is 19.2 Å². The standard InChI is InChI=1S/C94H30O10S4/c1-3-99-26(95)19-27(96)103-11-9-101-20-5-7-22-24(17-20)28(88-105-13-14-106-88)23-8-6-21(18-25(23)29(22)89-107-15-16-108-89)102-10-12-104-91(98)94(90(97)100-4-2)92-84-76-68-58-48-40-32-30-31-34-38-36(32)44-52-46(38)56-50-42(34)43-35(31)39-37-33(30)41(40)49-55-45(37)53-47(39)57-51(43)61-60(50)70-64(56)74-66(52)72(62(68)54(44)48)80(84)82(74)86-78(70)79-71(61)65(57)75-67(53)73-63(55)69(59(49)58)77(76)85(92)81(73)83(75)87(79)93(86,92)94/h5-8,13-18H,3-4,9-12,19H2,1-2H3. The molecule has 14 heteroatoms. The predicted molar refractivity (Wildman–Crippen MR) is 443 cm³/mol. The Hall–Kier alpha value is -11.3. The summed E-state index contributed by atoms with van der Waals surface area (Å²) in [6, 6.07) is 12.5. The largest absolute Gasteiger partial charge is 0.490 e. The molecule has 7 aliphatic rings. The first-order valence-corrected chi connectivity index (χ1v) is 41.3. The number of ether oxygens (including phenoxy) is 6. The first kappa shape index (κ1) is 50.3. The van der Waals surface area contributed by atoms with Crippen LogP contribution in [-0.2, 0) is 49.0 Å². The maximum Gasteiger partial charge on any atom is 0.326 e.